The molecular weight excluding hydrogens is 271 g/mol. The van der Waals surface area contributed by atoms with Crippen LogP contribution in [-0.4, -0.2) is 11.3 Å². The molecule has 0 amide bonds. The number of anilines is 3. The lowest BCUT2D eigenvalue weighted by molar-refractivity contribution is -0.274. The molecule has 0 atom stereocenters. The van der Waals surface area contributed by atoms with Crippen LogP contribution in [0.3, 0.4) is 0 Å². The van der Waals surface area contributed by atoms with Crippen molar-refractivity contribution in [2.45, 2.75) is 13.3 Å². The molecule has 1 aromatic heterocycles. The second kappa shape index (κ2) is 5.28. The Morgan fingerprint density at radius 1 is 1.25 bits per heavy atom. The predicted octanol–water partition coefficient (Wildman–Crippen LogP) is 3.61. The van der Waals surface area contributed by atoms with Crippen LogP contribution >= 0.6 is 0 Å². The summed E-state index contributed by atoms with van der Waals surface area (Å²) < 4.78 is 40.3. The highest BCUT2D eigenvalue weighted by molar-refractivity contribution is 5.62. The smallest absolute Gasteiger partial charge is 0.406 e. The first-order valence-electron chi connectivity index (χ1n) is 5.68. The lowest BCUT2D eigenvalue weighted by Crippen LogP contribution is -2.17. The van der Waals surface area contributed by atoms with Gasteiger partial charge in [0, 0.05) is 11.8 Å². The first-order chi connectivity index (χ1) is 9.33. The molecule has 2 rings (SSSR count). The third-order valence-corrected chi connectivity index (χ3v) is 2.43. The molecule has 0 fully saturated rings. The molecule has 1 aromatic carbocycles. The van der Waals surface area contributed by atoms with Gasteiger partial charge >= 0.3 is 6.36 Å². The van der Waals surface area contributed by atoms with E-state index < -0.39 is 6.36 Å². The van der Waals surface area contributed by atoms with E-state index in [0.29, 0.717) is 17.2 Å². The molecule has 0 saturated heterocycles. The van der Waals surface area contributed by atoms with Gasteiger partial charge in [-0.15, -0.1) is 13.2 Å². The maximum atomic E-state index is 12.1. The number of aromatic nitrogens is 1. The number of alkyl halides is 3. The molecule has 0 aliphatic heterocycles. The Kier molecular flexibility index (Phi) is 3.69. The van der Waals surface area contributed by atoms with Gasteiger partial charge in [-0.3, -0.25) is 0 Å². The Labute approximate surface area is 113 Å². The molecule has 7 heteroatoms. The lowest BCUT2D eigenvalue weighted by atomic mass is 10.2. The molecule has 0 spiro atoms. The summed E-state index contributed by atoms with van der Waals surface area (Å²) in [5.74, 6) is 0.221. The average Bonchev–Trinajstić information content (AvgIpc) is 2.31. The number of benzene rings is 1. The SMILES string of the molecule is Cc1cc(N)cnc1Nc1cccc(OC(F)(F)F)c1. The molecule has 0 radical (unpaired) electrons. The molecule has 20 heavy (non-hydrogen) atoms. The third-order valence-electron chi connectivity index (χ3n) is 2.43. The van der Waals surface area contributed by atoms with Crippen LogP contribution in [-0.2, 0) is 0 Å². The predicted molar refractivity (Wildman–Crippen MR) is 69.8 cm³/mol. The third kappa shape index (κ3) is 3.78. The molecular formula is C13H12F3N3O. The van der Waals surface area contributed by atoms with Crippen LogP contribution in [0.25, 0.3) is 0 Å². The minimum atomic E-state index is -4.71. The van der Waals surface area contributed by atoms with Crippen molar-refractivity contribution >= 4 is 17.2 Å². The fourth-order valence-corrected chi connectivity index (χ4v) is 1.64. The van der Waals surface area contributed by atoms with E-state index in [1.165, 1.54) is 24.4 Å². The van der Waals surface area contributed by atoms with Crippen LogP contribution in [0.1, 0.15) is 5.56 Å². The van der Waals surface area contributed by atoms with E-state index in [2.05, 4.69) is 15.0 Å². The first kappa shape index (κ1) is 14.0. The number of hydrogen-bond acceptors (Lipinski definition) is 4. The van der Waals surface area contributed by atoms with Gasteiger partial charge in [-0.1, -0.05) is 6.07 Å². The van der Waals surface area contributed by atoms with Gasteiger partial charge < -0.3 is 15.8 Å². The summed E-state index contributed by atoms with van der Waals surface area (Å²) in [6.45, 7) is 1.79. The Morgan fingerprint density at radius 3 is 2.65 bits per heavy atom. The van der Waals surface area contributed by atoms with E-state index in [1.807, 2.05) is 0 Å². The highest BCUT2D eigenvalue weighted by atomic mass is 19.4. The van der Waals surface area contributed by atoms with Crippen molar-refractivity contribution in [1.82, 2.24) is 4.98 Å². The summed E-state index contributed by atoms with van der Waals surface area (Å²) in [6.07, 6.45) is -3.25. The fourth-order valence-electron chi connectivity index (χ4n) is 1.64. The van der Waals surface area contributed by atoms with Crippen molar-refractivity contribution < 1.29 is 17.9 Å². The minimum Gasteiger partial charge on any atom is -0.406 e. The van der Waals surface area contributed by atoms with Crippen LogP contribution in [0.4, 0.5) is 30.4 Å². The summed E-state index contributed by atoms with van der Waals surface area (Å²) in [5.41, 5.74) is 7.32. The second-order valence-electron chi connectivity index (χ2n) is 4.13. The number of hydrogen-bond donors (Lipinski definition) is 2. The summed E-state index contributed by atoms with van der Waals surface area (Å²) in [4.78, 5) is 4.08. The molecule has 0 aliphatic rings. The number of nitrogens with two attached hydrogens (primary N) is 1. The van der Waals surface area contributed by atoms with Gasteiger partial charge in [0.05, 0.1) is 11.9 Å². The number of halogens is 3. The molecule has 3 N–H and O–H groups in total. The van der Waals surface area contributed by atoms with Gasteiger partial charge in [0.25, 0.3) is 0 Å². The average molecular weight is 283 g/mol. The molecule has 1 heterocycles. The second-order valence-corrected chi connectivity index (χ2v) is 4.13. The van der Waals surface area contributed by atoms with E-state index in [0.717, 1.165) is 5.56 Å². The maximum absolute atomic E-state index is 12.1. The zero-order chi connectivity index (χ0) is 14.8. The lowest BCUT2D eigenvalue weighted by Gasteiger charge is -2.12. The normalized spacial score (nSPS) is 11.2. The molecule has 0 bridgehead atoms. The monoisotopic (exact) mass is 283 g/mol. The van der Waals surface area contributed by atoms with Crippen LogP contribution in [0, 0.1) is 6.92 Å². The van der Waals surface area contributed by atoms with Gasteiger partial charge in [-0.25, -0.2) is 4.98 Å². The van der Waals surface area contributed by atoms with Gasteiger partial charge in [0.15, 0.2) is 0 Å². The Morgan fingerprint density at radius 2 is 2.00 bits per heavy atom. The summed E-state index contributed by atoms with van der Waals surface area (Å²) in [6, 6.07) is 7.25. The van der Waals surface area contributed by atoms with Gasteiger partial charge in [-0.05, 0) is 30.7 Å². The first-order valence-corrected chi connectivity index (χ1v) is 5.68. The number of aryl methyl sites for hydroxylation is 1. The van der Waals surface area contributed by atoms with Crippen molar-refractivity contribution in [1.29, 1.82) is 0 Å². The highest BCUT2D eigenvalue weighted by Crippen LogP contribution is 2.27. The van der Waals surface area contributed by atoms with Crippen LogP contribution in [0.15, 0.2) is 36.5 Å². The Bertz CT molecular complexity index is 614. The van der Waals surface area contributed by atoms with Gasteiger partial charge in [0.1, 0.15) is 11.6 Å². The number of rotatable bonds is 3. The number of nitrogens with one attached hydrogen (secondary N) is 1. The molecule has 0 saturated carbocycles. The van der Waals surface area contributed by atoms with E-state index in [9.17, 15) is 13.2 Å². The van der Waals surface area contributed by atoms with Crippen molar-refractivity contribution in [2.24, 2.45) is 0 Å². The zero-order valence-electron chi connectivity index (χ0n) is 10.5. The van der Waals surface area contributed by atoms with Gasteiger partial charge in [0.2, 0.25) is 0 Å². The quantitative estimate of drug-likeness (QED) is 0.903. The van der Waals surface area contributed by atoms with E-state index in [1.54, 1.807) is 19.1 Å². The fraction of sp³-hybridized carbons (Fsp3) is 0.154. The largest absolute Gasteiger partial charge is 0.573 e. The van der Waals surface area contributed by atoms with Crippen molar-refractivity contribution in [2.75, 3.05) is 11.1 Å². The standard InChI is InChI=1S/C13H12F3N3O/c1-8-5-9(17)7-18-12(8)19-10-3-2-4-11(6-10)20-13(14,15)16/h2-7H,17H2,1H3,(H,18,19). The number of ether oxygens (including phenoxy) is 1. The zero-order valence-corrected chi connectivity index (χ0v) is 10.5. The summed E-state index contributed by atoms with van der Waals surface area (Å²) in [7, 11) is 0. The Balaban J connectivity index is 2.19. The maximum Gasteiger partial charge on any atom is 0.573 e. The Hall–Kier alpha value is -2.44. The van der Waals surface area contributed by atoms with Crippen LogP contribution in [0.2, 0.25) is 0 Å². The summed E-state index contributed by atoms with van der Waals surface area (Å²) in [5, 5.41) is 2.91. The molecule has 106 valence electrons. The van der Waals surface area contributed by atoms with Crippen LogP contribution < -0.4 is 15.8 Å². The van der Waals surface area contributed by atoms with E-state index in [-0.39, 0.29) is 5.75 Å². The number of nitrogens with zero attached hydrogens (tertiary/aromatic N) is 1. The number of nitrogen functional groups attached to an aromatic ring is 1. The molecule has 2 aromatic rings. The van der Waals surface area contributed by atoms with E-state index in [4.69, 9.17) is 5.73 Å². The summed E-state index contributed by atoms with van der Waals surface area (Å²) >= 11 is 0. The van der Waals surface area contributed by atoms with Crippen molar-refractivity contribution in [3.8, 4) is 5.75 Å². The topological polar surface area (TPSA) is 60.2 Å². The van der Waals surface area contributed by atoms with Crippen molar-refractivity contribution in [3.63, 3.8) is 0 Å². The molecule has 0 aliphatic carbocycles. The number of pyridine rings is 1. The van der Waals surface area contributed by atoms with Gasteiger partial charge in [-0.2, -0.15) is 0 Å². The van der Waals surface area contributed by atoms with E-state index >= 15 is 0 Å². The minimum absolute atomic E-state index is 0.296. The van der Waals surface area contributed by atoms with Crippen LogP contribution in [0.5, 0.6) is 5.75 Å². The van der Waals surface area contributed by atoms with Crippen molar-refractivity contribution in [3.05, 3.63) is 42.1 Å². The molecule has 4 nitrogen and oxygen atoms in total. The molecule has 0 unspecified atom stereocenters. The highest BCUT2D eigenvalue weighted by Gasteiger charge is 2.31.